The molecule has 1 fully saturated rings. The standard InChI is InChI=1S/C8H12NO4/c1-13-8(12)9-4-2-6(3-5-9)7(10)11/h6H,1-5H2,(H,10,11). The van der Waals surface area contributed by atoms with Crippen LogP contribution in [-0.4, -0.2) is 35.2 Å². The third-order valence-corrected chi connectivity index (χ3v) is 2.23. The third-order valence-electron chi connectivity index (χ3n) is 2.23. The molecule has 0 aliphatic carbocycles. The van der Waals surface area contributed by atoms with Crippen LogP contribution in [0.2, 0.25) is 0 Å². The number of carbonyl (C=O) groups is 2. The molecular weight excluding hydrogens is 174 g/mol. The van der Waals surface area contributed by atoms with Crippen LogP contribution in [0.4, 0.5) is 4.79 Å². The molecule has 5 heteroatoms. The van der Waals surface area contributed by atoms with Crippen molar-refractivity contribution in [1.29, 1.82) is 0 Å². The van der Waals surface area contributed by atoms with Crippen LogP contribution in [0.25, 0.3) is 0 Å². The number of hydrogen-bond acceptors (Lipinski definition) is 3. The quantitative estimate of drug-likeness (QED) is 0.655. The molecule has 1 aliphatic rings. The van der Waals surface area contributed by atoms with Gasteiger partial charge in [-0.25, -0.2) is 4.79 Å². The summed E-state index contributed by atoms with van der Waals surface area (Å²) in [4.78, 5) is 23.0. The Hall–Kier alpha value is -1.26. The fourth-order valence-corrected chi connectivity index (χ4v) is 1.40. The van der Waals surface area contributed by atoms with Crippen molar-refractivity contribution in [3.05, 3.63) is 7.11 Å². The van der Waals surface area contributed by atoms with Crippen LogP contribution in [0.5, 0.6) is 0 Å². The van der Waals surface area contributed by atoms with E-state index in [9.17, 15) is 9.59 Å². The number of rotatable bonds is 1. The molecule has 1 heterocycles. The summed E-state index contributed by atoms with van der Waals surface area (Å²) in [5.74, 6) is -1.11. The smallest absolute Gasteiger partial charge is 0.409 e. The number of hydrogen-bond donors (Lipinski definition) is 1. The number of ether oxygens (including phenoxy) is 1. The lowest BCUT2D eigenvalue weighted by Crippen LogP contribution is -2.39. The first-order chi connectivity index (χ1) is 6.15. The summed E-state index contributed by atoms with van der Waals surface area (Å²) in [5.41, 5.74) is 0. The van der Waals surface area contributed by atoms with Crippen LogP contribution in [0, 0.1) is 13.0 Å². The lowest BCUT2D eigenvalue weighted by Gasteiger charge is -2.28. The molecule has 1 radical (unpaired) electrons. The van der Waals surface area contributed by atoms with Crippen LogP contribution < -0.4 is 0 Å². The highest BCUT2D eigenvalue weighted by atomic mass is 16.5. The summed E-state index contributed by atoms with van der Waals surface area (Å²) < 4.78 is 4.27. The van der Waals surface area contributed by atoms with E-state index in [-0.39, 0.29) is 5.92 Å². The molecule has 1 aliphatic heterocycles. The van der Waals surface area contributed by atoms with Gasteiger partial charge >= 0.3 is 12.1 Å². The fourth-order valence-electron chi connectivity index (χ4n) is 1.40. The van der Waals surface area contributed by atoms with Gasteiger partial charge in [0.05, 0.1) is 5.92 Å². The molecule has 13 heavy (non-hydrogen) atoms. The fraction of sp³-hybridized carbons (Fsp3) is 0.625. The van der Waals surface area contributed by atoms with Crippen molar-refractivity contribution in [3.8, 4) is 0 Å². The number of aliphatic carboxylic acids is 1. The number of carboxylic acid groups (broad SMARTS) is 1. The normalized spacial score (nSPS) is 18.4. The second-order valence-electron chi connectivity index (χ2n) is 3.01. The summed E-state index contributed by atoms with van der Waals surface area (Å²) in [6.07, 6.45) is 0.498. The minimum absolute atomic E-state index is 0.325. The molecule has 0 bridgehead atoms. The Morgan fingerprint density at radius 2 is 1.92 bits per heavy atom. The van der Waals surface area contributed by atoms with Gasteiger partial charge in [0.1, 0.15) is 7.11 Å². The van der Waals surface area contributed by atoms with E-state index in [0.29, 0.717) is 25.9 Å². The zero-order chi connectivity index (χ0) is 9.84. The second kappa shape index (κ2) is 4.11. The molecule has 1 rings (SSSR count). The van der Waals surface area contributed by atoms with Gasteiger partial charge in [-0.05, 0) is 12.8 Å². The Morgan fingerprint density at radius 1 is 1.38 bits per heavy atom. The van der Waals surface area contributed by atoms with Gasteiger partial charge in [0.25, 0.3) is 0 Å². The van der Waals surface area contributed by atoms with E-state index in [1.54, 1.807) is 0 Å². The van der Waals surface area contributed by atoms with Crippen molar-refractivity contribution < 1.29 is 19.4 Å². The van der Waals surface area contributed by atoms with Gasteiger partial charge in [0.2, 0.25) is 0 Å². The highest BCUT2D eigenvalue weighted by Crippen LogP contribution is 2.17. The van der Waals surface area contributed by atoms with Crippen LogP contribution >= 0.6 is 0 Å². The van der Waals surface area contributed by atoms with E-state index >= 15 is 0 Å². The molecule has 0 unspecified atom stereocenters. The van der Waals surface area contributed by atoms with Crippen LogP contribution in [0.1, 0.15) is 12.8 Å². The predicted octanol–water partition coefficient (Wildman–Crippen LogP) is 0.711. The molecule has 0 aromatic carbocycles. The maximum atomic E-state index is 10.9. The zero-order valence-electron chi connectivity index (χ0n) is 7.23. The molecule has 0 spiro atoms. The highest BCUT2D eigenvalue weighted by molar-refractivity contribution is 5.71. The van der Waals surface area contributed by atoms with Crippen molar-refractivity contribution in [2.24, 2.45) is 5.92 Å². The molecule has 0 aromatic heterocycles. The molecule has 0 aromatic rings. The molecule has 73 valence electrons. The summed E-state index contributed by atoms with van der Waals surface area (Å²) in [5, 5.41) is 8.67. The molecular formula is C8H12NO4. The third kappa shape index (κ3) is 2.34. The maximum absolute atomic E-state index is 10.9. The van der Waals surface area contributed by atoms with Gasteiger partial charge in [0.15, 0.2) is 0 Å². The van der Waals surface area contributed by atoms with E-state index in [1.165, 1.54) is 4.90 Å². The Bertz CT molecular complexity index is 208. The summed E-state index contributed by atoms with van der Waals surface area (Å²) >= 11 is 0. The summed E-state index contributed by atoms with van der Waals surface area (Å²) in [7, 11) is 3.01. The number of amides is 1. The van der Waals surface area contributed by atoms with Crippen LogP contribution in [0.15, 0.2) is 0 Å². The van der Waals surface area contributed by atoms with Crippen molar-refractivity contribution in [1.82, 2.24) is 4.90 Å². The van der Waals surface area contributed by atoms with E-state index in [1.807, 2.05) is 0 Å². The monoisotopic (exact) mass is 186 g/mol. The largest absolute Gasteiger partial charge is 0.481 e. The lowest BCUT2D eigenvalue weighted by molar-refractivity contribution is -0.143. The molecule has 1 saturated heterocycles. The molecule has 0 saturated carbocycles. The van der Waals surface area contributed by atoms with E-state index in [2.05, 4.69) is 11.8 Å². The topological polar surface area (TPSA) is 66.8 Å². The summed E-state index contributed by atoms with van der Waals surface area (Å²) in [6.45, 7) is 0.872. The number of likely N-dealkylation sites (tertiary alicyclic amines) is 1. The predicted molar refractivity (Wildman–Crippen MR) is 43.8 cm³/mol. The number of carboxylic acids is 1. The molecule has 5 nitrogen and oxygen atoms in total. The maximum Gasteiger partial charge on any atom is 0.409 e. The van der Waals surface area contributed by atoms with Gasteiger partial charge < -0.3 is 14.7 Å². The second-order valence-corrected chi connectivity index (χ2v) is 3.01. The van der Waals surface area contributed by atoms with E-state index in [4.69, 9.17) is 5.11 Å². The number of nitrogens with zero attached hydrogens (tertiary/aromatic N) is 1. The van der Waals surface area contributed by atoms with Crippen molar-refractivity contribution in [2.75, 3.05) is 13.1 Å². The number of carbonyl (C=O) groups excluding carboxylic acids is 1. The van der Waals surface area contributed by atoms with Gasteiger partial charge in [-0.15, -0.1) is 0 Å². The SMILES string of the molecule is [CH2]OC(=O)N1CCC(C(=O)O)CC1. The zero-order valence-corrected chi connectivity index (χ0v) is 7.23. The first kappa shape index (κ1) is 9.83. The average Bonchev–Trinajstić information content (AvgIpc) is 2.17. The van der Waals surface area contributed by atoms with Crippen LogP contribution in [-0.2, 0) is 9.53 Å². The van der Waals surface area contributed by atoms with Crippen molar-refractivity contribution in [3.63, 3.8) is 0 Å². The Morgan fingerprint density at radius 3 is 2.31 bits per heavy atom. The average molecular weight is 186 g/mol. The van der Waals surface area contributed by atoms with Gasteiger partial charge in [-0.2, -0.15) is 0 Å². The van der Waals surface area contributed by atoms with Crippen LogP contribution in [0.3, 0.4) is 0 Å². The minimum Gasteiger partial charge on any atom is -0.481 e. The molecule has 1 N–H and O–H groups in total. The van der Waals surface area contributed by atoms with Crippen molar-refractivity contribution in [2.45, 2.75) is 12.8 Å². The summed E-state index contributed by atoms with van der Waals surface area (Å²) in [6, 6.07) is 0. The van der Waals surface area contributed by atoms with Gasteiger partial charge in [-0.3, -0.25) is 4.79 Å². The molecule has 1 amide bonds. The lowest BCUT2D eigenvalue weighted by atomic mass is 9.97. The molecule has 0 atom stereocenters. The Balaban J connectivity index is 2.39. The van der Waals surface area contributed by atoms with E-state index in [0.717, 1.165) is 0 Å². The first-order valence-electron chi connectivity index (χ1n) is 4.09. The first-order valence-corrected chi connectivity index (χ1v) is 4.09. The van der Waals surface area contributed by atoms with Gasteiger partial charge in [-0.1, -0.05) is 0 Å². The number of piperidine rings is 1. The van der Waals surface area contributed by atoms with Crippen molar-refractivity contribution >= 4 is 12.1 Å². The Kier molecular flexibility index (Phi) is 3.11. The van der Waals surface area contributed by atoms with Gasteiger partial charge in [0, 0.05) is 13.1 Å². The Labute approximate surface area is 76.3 Å². The highest BCUT2D eigenvalue weighted by Gasteiger charge is 2.27. The minimum atomic E-state index is -0.789. The van der Waals surface area contributed by atoms with E-state index < -0.39 is 12.1 Å².